The number of nitrogens with zero attached hydrogens (tertiary/aromatic N) is 3. The van der Waals surface area contributed by atoms with Crippen LogP contribution in [0.15, 0.2) is 29.5 Å². The minimum absolute atomic E-state index is 0.181. The van der Waals surface area contributed by atoms with Crippen LogP contribution in [0, 0.1) is 0 Å². The maximum atomic E-state index is 7.65. The molecule has 130 valence electrons. The third-order valence-corrected chi connectivity index (χ3v) is 2.15. The van der Waals surface area contributed by atoms with Gasteiger partial charge in [0.05, 0.1) is 19.0 Å². The standard InChI is InChI=1S/C10H10N4O.C2H6O2.2C2H6/c1-15-7-2-3-9-8(4-7)10(12-5-11)14-6-13-9;1-4-2-3;2*1-2/h2-6H,1H3,(H2,11,12,13,14);3H,2H2,1H3;2*1-2H3. The number of benzene rings is 1. The second-order valence-corrected chi connectivity index (χ2v) is 3.28. The molecule has 0 saturated heterocycles. The number of aliphatic imine (C=N–C) groups is 1. The van der Waals surface area contributed by atoms with Crippen molar-refractivity contribution in [3.05, 3.63) is 24.5 Å². The van der Waals surface area contributed by atoms with Gasteiger partial charge in [-0.15, -0.1) is 0 Å². The Morgan fingerprint density at radius 1 is 1.17 bits per heavy atom. The van der Waals surface area contributed by atoms with Crippen LogP contribution in [0.4, 0.5) is 5.82 Å². The number of hydrogen-bond acceptors (Lipinski definition) is 6. The molecule has 0 aliphatic heterocycles. The van der Waals surface area contributed by atoms with Gasteiger partial charge in [-0.3, -0.25) is 0 Å². The zero-order valence-corrected chi connectivity index (χ0v) is 14.8. The van der Waals surface area contributed by atoms with Gasteiger partial charge in [-0.25, -0.2) is 15.0 Å². The van der Waals surface area contributed by atoms with Crippen molar-refractivity contribution in [3.63, 3.8) is 0 Å². The maximum Gasteiger partial charge on any atom is 0.164 e. The summed E-state index contributed by atoms with van der Waals surface area (Å²) >= 11 is 0. The molecule has 0 atom stereocenters. The second kappa shape index (κ2) is 16.1. The largest absolute Gasteiger partial charge is 0.497 e. The highest BCUT2D eigenvalue weighted by Gasteiger charge is 2.03. The van der Waals surface area contributed by atoms with E-state index in [1.165, 1.54) is 19.8 Å². The van der Waals surface area contributed by atoms with E-state index in [2.05, 4.69) is 19.7 Å². The van der Waals surface area contributed by atoms with Gasteiger partial charge in [0.15, 0.2) is 5.82 Å². The predicted octanol–water partition coefficient (Wildman–Crippen LogP) is 2.89. The van der Waals surface area contributed by atoms with Gasteiger partial charge in [-0.1, -0.05) is 27.7 Å². The highest BCUT2D eigenvalue weighted by Crippen LogP contribution is 2.25. The number of aliphatic hydroxyl groups is 1. The molecule has 2 aromatic rings. The number of aromatic nitrogens is 2. The summed E-state index contributed by atoms with van der Waals surface area (Å²) in [5.74, 6) is 1.28. The molecule has 0 aliphatic rings. The molecule has 23 heavy (non-hydrogen) atoms. The summed E-state index contributed by atoms with van der Waals surface area (Å²) in [5.41, 5.74) is 6.05. The monoisotopic (exact) mass is 324 g/mol. The van der Waals surface area contributed by atoms with Gasteiger partial charge in [0, 0.05) is 12.5 Å². The van der Waals surface area contributed by atoms with Crippen molar-refractivity contribution in [1.29, 1.82) is 0 Å². The molecule has 0 aliphatic carbocycles. The summed E-state index contributed by atoms with van der Waals surface area (Å²) in [7, 11) is 3.04. The van der Waals surface area contributed by atoms with Gasteiger partial charge in [-0.2, -0.15) is 0 Å². The first-order chi connectivity index (χ1) is 11.3. The summed E-state index contributed by atoms with van der Waals surface area (Å²) < 4.78 is 9.21. The van der Waals surface area contributed by atoms with Gasteiger partial charge in [0.25, 0.3) is 0 Å². The highest BCUT2D eigenvalue weighted by molar-refractivity contribution is 5.89. The van der Waals surface area contributed by atoms with Crippen LogP contribution < -0.4 is 10.5 Å². The average Bonchev–Trinajstić information content (AvgIpc) is 2.65. The summed E-state index contributed by atoms with van der Waals surface area (Å²) in [6.07, 6.45) is 2.67. The lowest BCUT2D eigenvalue weighted by Crippen LogP contribution is -1.90. The van der Waals surface area contributed by atoms with Crippen molar-refractivity contribution in [2.75, 3.05) is 21.0 Å². The quantitative estimate of drug-likeness (QED) is 0.511. The van der Waals surface area contributed by atoms with Crippen molar-refractivity contribution in [3.8, 4) is 5.75 Å². The summed E-state index contributed by atoms with van der Waals surface area (Å²) in [6.45, 7) is 7.82. The molecule has 0 amide bonds. The molecule has 0 spiro atoms. The first-order valence-corrected chi connectivity index (χ1v) is 7.39. The number of hydrogen-bond donors (Lipinski definition) is 2. The van der Waals surface area contributed by atoms with Crippen molar-refractivity contribution in [2.45, 2.75) is 27.7 Å². The van der Waals surface area contributed by atoms with Crippen LogP contribution in [0.25, 0.3) is 10.9 Å². The highest BCUT2D eigenvalue weighted by atomic mass is 16.6. The molecular formula is C16H28N4O3. The van der Waals surface area contributed by atoms with E-state index in [4.69, 9.17) is 15.6 Å². The number of aliphatic hydroxyl groups excluding tert-OH is 1. The Balaban J connectivity index is 0. The molecule has 2 rings (SSSR count). The van der Waals surface area contributed by atoms with E-state index in [0.717, 1.165) is 16.7 Å². The van der Waals surface area contributed by atoms with Gasteiger partial charge < -0.3 is 20.3 Å². The molecule has 1 heterocycles. The van der Waals surface area contributed by atoms with Crippen LogP contribution in [-0.2, 0) is 4.74 Å². The zero-order chi connectivity index (χ0) is 18.1. The fourth-order valence-electron chi connectivity index (χ4n) is 1.32. The lowest BCUT2D eigenvalue weighted by Gasteiger charge is -2.02. The first kappa shape index (κ1) is 23.0. The predicted molar refractivity (Wildman–Crippen MR) is 95.2 cm³/mol. The third-order valence-electron chi connectivity index (χ3n) is 2.15. The number of fused-ring (bicyclic) bond motifs is 1. The number of ether oxygens (including phenoxy) is 2. The van der Waals surface area contributed by atoms with Crippen LogP contribution in [0.3, 0.4) is 0 Å². The van der Waals surface area contributed by atoms with Gasteiger partial charge in [0.2, 0.25) is 0 Å². The molecule has 7 heteroatoms. The Bertz CT molecular complexity index is 546. The molecule has 0 saturated carbocycles. The normalized spacial score (nSPS) is 9.00. The molecule has 7 nitrogen and oxygen atoms in total. The van der Waals surface area contributed by atoms with E-state index >= 15 is 0 Å². The molecule has 0 bridgehead atoms. The zero-order valence-electron chi connectivity index (χ0n) is 14.8. The van der Waals surface area contributed by atoms with Gasteiger partial charge in [0.1, 0.15) is 18.9 Å². The number of nitrogens with two attached hydrogens (primary N) is 1. The molecule has 0 fully saturated rings. The topological polar surface area (TPSA) is 103 Å². The molecular weight excluding hydrogens is 296 g/mol. The van der Waals surface area contributed by atoms with E-state index in [1.54, 1.807) is 7.11 Å². The third kappa shape index (κ3) is 8.70. The minimum Gasteiger partial charge on any atom is -0.497 e. The van der Waals surface area contributed by atoms with Crippen LogP contribution in [0.1, 0.15) is 27.7 Å². The summed E-state index contributed by atoms with van der Waals surface area (Å²) in [6, 6.07) is 5.52. The Hall–Kier alpha value is -2.25. The van der Waals surface area contributed by atoms with Gasteiger partial charge >= 0.3 is 0 Å². The molecule has 0 unspecified atom stereocenters. The fraction of sp³-hybridized carbons (Fsp3) is 0.438. The fourth-order valence-corrected chi connectivity index (χ4v) is 1.32. The minimum atomic E-state index is -0.181. The maximum absolute atomic E-state index is 7.65. The SMILES string of the molecule is CC.CC.COCO.COc1ccc2ncnc(N=CN)c2c1. The van der Waals surface area contributed by atoms with E-state index in [-0.39, 0.29) is 6.79 Å². The van der Waals surface area contributed by atoms with Crippen molar-refractivity contribution in [2.24, 2.45) is 10.7 Å². The van der Waals surface area contributed by atoms with Crippen LogP contribution >= 0.6 is 0 Å². The number of rotatable bonds is 3. The van der Waals surface area contributed by atoms with Crippen LogP contribution in [0.5, 0.6) is 5.75 Å². The first-order valence-electron chi connectivity index (χ1n) is 7.39. The molecule has 1 aromatic heterocycles. The van der Waals surface area contributed by atoms with Crippen LogP contribution in [0.2, 0.25) is 0 Å². The van der Waals surface area contributed by atoms with Crippen molar-refractivity contribution in [1.82, 2.24) is 9.97 Å². The molecule has 1 aromatic carbocycles. The molecule has 3 N–H and O–H groups in total. The van der Waals surface area contributed by atoms with E-state index in [9.17, 15) is 0 Å². The molecule has 0 radical (unpaired) electrons. The van der Waals surface area contributed by atoms with E-state index in [1.807, 2.05) is 45.9 Å². The lowest BCUT2D eigenvalue weighted by atomic mass is 10.2. The van der Waals surface area contributed by atoms with Crippen LogP contribution in [-0.4, -0.2) is 42.4 Å². The van der Waals surface area contributed by atoms with Crippen molar-refractivity contribution < 1.29 is 14.6 Å². The lowest BCUT2D eigenvalue weighted by molar-refractivity contribution is 0.0325. The summed E-state index contributed by atoms with van der Waals surface area (Å²) in [4.78, 5) is 12.1. The second-order valence-electron chi connectivity index (χ2n) is 3.28. The Kier molecular flexibility index (Phi) is 16.1. The van der Waals surface area contributed by atoms with Gasteiger partial charge in [-0.05, 0) is 18.2 Å². The Morgan fingerprint density at radius 2 is 1.78 bits per heavy atom. The smallest absolute Gasteiger partial charge is 0.164 e. The Morgan fingerprint density at radius 3 is 2.26 bits per heavy atom. The number of methoxy groups -OCH3 is 2. The van der Waals surface area contributed by atoms with E-state index in [0.29, 0.717) is 5.82 Å². The summed E-state index contributed by atoms with van der Waals surface area (Å²) in [5, 5.41) is 8.47. The Labute approximate surface area is 138 Å². The van der Waals surface area contributed by atoms with Crippen molar-refractivity contribution >= 4 is 23.1 Å². The van der Waals surface area contributed by atoms with E-state index < -0.39 is 0 Å². The average molecular weight is 324 g/mol.